The third-order valence-electron chi connectivity index (χ3n) is 3.84. The van der Waals surface area contributed by atoms with Crippen molar-refractivity contribution < 1.29 is 15.0 Å². The molecule has 0 saturated heterocycles. The number of benzene rings is 1. The molecule has 0 bridgehead atoms. The Morgan fingerprint density at radius 3 is 2.68 bits per heavy atom. The standard InChI is InChI=1S/C14H20N2O3/c1-16(11-7-3-2-6-10(11)15)14(19)9-5-4-8-12(17)13(9)18/h4-5,8,10-11,17-18H,2-3,6-7,15H2,1H3. The summed E-state index contributed by atoms with van der Waals surface area (Å²) in [6.07, 6.45) is 3.94. The minimum Gasteiger partial charge on any atom is -0.504 e. The number of para-hydroxylation sites is 1. The highest BCUT2D eigenvalue weighted by molar-refractivity contribution is 5.97. The van der Waals surface area contributed by atoms with E-state index in [0.717, 1.165) is 25.7 Å². The average Bonchev–Trinajstić information content (AvgIpc) is 2.41. The first-order chi connectivity index (χ1) is 9.02. The molecule has 2 rings (SSSR count). The molecule has 1 fully saturated rings. The Balaban J connectivity index is 2.21. The Bertz CT molecular complexity index is 476. The fourth-order valence-electron chi connectivity index (χ4n) is 2.67. The molecule has 1 saturated carbocycles. The van der Waals surface area contributed by atoms with Crippen LogP contribution in [0.5, 0.6) is 11.5 Å². The number of likely N-dealkylation sites (N-methyl/N-ethyl adjacent to an activating group) is 1. The fourth-order valence-corrected chi connectivity index (χ4v) is 2.67. The van der Waals surface area contributed by atoms with Gasteiger partial charge in [0.25, 0.3) is 5.91 Å². The summed E-state index contributed by atoms with van der Waals surface area (Å²) in [5.74, 6) is -0.966. The van der Waals surface area contributed by atoms with Crippen LogP contribution in [0.3, 0.4) is 0 Å². The zero-order valence-corrected chi connectivity index (χ0v) is 11.0. The average molecular weight is 264 g/mol. The Kier molecular flexibility index (Phi) is 3.95. The molecular formula is C14H20N2O3. The molecule has 5 heteroatoms. The molecule has 104 valence electrons. The normalized spacial score (nSPS) is 23.1. The molecule has 1 aromatic carbocycles. The summed E-state index contributed by atoms with van der Waals surface area (Å²) in [6.45, 7) is 0. The van der Waals surface area contributed by atoms with Crippen LogP contribution in [0.25, 0.3) is 0 Å². The first-order valence-corrected chi connectivity index (χ1v) is 6.56. The number of hydrogen-bond donors (Lipinski definition) is 3. The van der Waals surface area contributed by atoms with E-state index in [1.54, 1.807) is 11.9 Å². The maximum absolute atomic E-state index is 12.4. The van der Waals surface area contributed by atoms with E-state index < -0.39 is 0 Å². The van der Waals surface area contributed by atoms with Gasteiger partial charge in [-0.3, -0.25) is 4.79 Å². The molecule has 1 aliphatic carbocycles. The maximum Gasteiger partial charge on any atom is 0.257 e. The lowest BCUT2D eigenvalue weighted by Gasteiger charge is -2.36. The van der Waals surface area contributed by atoms with Crippen LogP contribution in [0, 0.1) is 0 Å². The largest absolute Gasteiger partial charge is 0.504 e. The van der Waals surface area contributed by atoms with Crippen LogP contribution in [0.4, 0.5) is 0 Å². The molecule has 19 heavy (non-hydrogen) atoms. The minimum atomic E-state index is -0.372. The van der Waals surface area contributed by atoms with Crippen molar-refractivity contribution in [2.75, 3.05) is 7.05 Å². The van der Waals surface area contributed by atoms with Crippen LogP contribution in [0.1, 0.15) is 36.0 Å². The van der Waals surface area contributed by atoms with E-state index in [-0.39, 0.29) is 35.1 Å². The monoisotopic (exact) mass is 264 g/mol. The van der Waals surface area contributed by atoms with Gasteiger partial charge < -0.3 is 20.8 Å². The zero-order valence-electron chi connectivity index (χ0n) is 11.0. The first kappa shape index (κ1) is 13.7. The third kappa shape index (κ3) is 2.66. The predicted molar refractivity (Wildman–Crippen MR) is 72.1 cm³/mol. The Morgan fingerprint density at radius 1 is 1.32 bits per heavy atom. The maximum atomic E-state index is 12.4. The summed E-state index contributed by atoms with van der Waals surface area (Å²) < 4.78 is 0. The van der Waals surface area contributed by atoms with Gasteiger partial charge in [-0.15, -0.1) is 0 Å². The molecule has 1 amide bonds. The van der Waals surface area contributed by atoms with E-state index in [0.29, 0.717) is 0 Å². The number of carbonyl (C=O) groups excluding carboxylic acids is 1. The fraction of sp³-hybridized carbons (Fsp3) is 0.500. The van der Waals surface area contributed by atoms with Crippen molar-refractivity contribution in [3.63, 3.8) is 0 Å². The van der Waals surface area contributed by atoms with Crippen molar-refractivity contribution in [2.24, 2.45) is 5.73 Å². The zero-order chi connectivity index (χ0) is 14.0. The van der Waals surface area contributed by atoms with E-state index in [4.69, 9.17) is 5.73 Å². The van der Waals surface area contributed by atoms with E-state index in [1.165, 1.54) is 18.2 Å². The quantitative estimate of drug-likeness (QED) is 0.705. The van der Waals surface area contributed by atoms with Crippen molar-refractivity contribution in [1.29, 1.82) is 0 Å². The van der Waals surface area contributed by atoms with Crippen molar-refractivity contribution in [1.82, 2.24) is 4.90 Å². The Labute approximate surface area is 112 Å². The number of nitrogens with two attached hydrogens (primary N) is 1. The van der Waals surface area contributed by atoms with E-state index >= 15 is 0 Å². The van der Waals surface area contributed by atoms with Gasteiger partial charge in [0, 0.05) is 19.1 Å². The molecule has 0 aliphatic heterocycles. The molecule has 4 N–H and O–H groups in total. The molecule has 0 heterocycles. The minimum absolute atomic E-state index is 0.0111. The molecule has 2 atom stereocenters. The summed E-state index contributed by atoms with van der Waals surface area (Å²) in [5.41, 5.74) is 6.17. The van der Waals surface area contributed by atoms with Gasteiger partial charge in [0.05, 0.1) is 5.56 Å². The molecule has 0 aromatic heterocycles. The highest BCUT2D eigenvalue weighted by Gasteiger charge is 2.30. The first-order valence-electron chi connectivity index (χ1n) is 6.56. The molecule has 0 radical (unpaired) electrons. The number of rotatable bonds is 2. The van der Waals surface area contributed by atoms with Crippen LogP contribution in [-0.2, 0) is 0 Å². The number of phenols is 2. The van der Waals surface area contributed by atoms with Crippen LogP contribution < -0.4 is 5.73 Å². The van der Waals surface area contributed by atoms with E-state index in [1.807, 2.05) is 0 Å². The SMILES string of the molecule is CN(C(=O)c1cccc(O)c1O)C1CCCCC1N. The van der Waals surface area contributed by atoms with Crippen molar-refractivity contribution in [3.05, 3.63) is 23.8 Å². The van der Waals surface area contributed by atoms with E-state index in [9.17, 15) is 15.0 Å². The van der Waals surface area contributed by atoms with Gasteiger partial charge in [-0.1, -0.05) is 18.9 Å². The molecular weight excluding hydrogens is 244 g/mol. The molecule has 0 spiro atoms. The molecule has 1 aromatic rings. The van der Waals surface area contributed by atoms with Gasteiger partial charge in [-0.25, -0.2) is 0 Å². The summed E-state index contributed by atoms with van der Waals surface area (Å²) in [7, 11) is 1.70. The number of hydrogen-bond acceptors (Lipinski definition) is 4. The number of amides is 1. The predicted octanol–water partition coefficient (Wildman–Crippen LogP) is 1.44. The van der Waals surface area contributed by atoms with Crippen LogP contribution in [-0.4, -0.2) is 40.2 Å². The highest BCUT2D eigenvalue weighted by atomic mass is 16.3. The van der Waals surface area contributed by atoms with E-state index in [2.05, 4.69) is 0 Å². The number of phenolic OH excluding ortho intramolecular Hbond substituents is 2. The lowest BCUT2D eigenvalue weighted by molar-refractivity contribution is 0.0668. The van der Waals surface area contributed by atoms with Crippen LogP contribution in [0.2, 0.25) is 0 Å². The van der Waals surface area contributed by atoms with Crippen LogP contribution >= 0.6 is 0 Å². The second kappa shape index (κ2) is 5.48. The Morgan fingerprint density at radius 2 is 2.00 bits per heavy atom. The Hall–Kier alpha value is -1.75. The molecule has 5 nitrogen and oxygen atoms in total. The molecule has 2 unspecified atom stereocenters. The topological polar surface area (TPSA) is 86.8 Å². The van der Waals surface area contributed by atoms with Gasteiger partial charge in [0.2, 0.25) is 0 Å². The summed E-state index contributed by atoms with van der Waals surface area (Å²) in [5, 5.41) is 19.2. The van der Waals surface area contributed by atoms with Crippen molar-refractivity contribution in [3.8, 4) is 11.5 Å². The number of aromatic hydroxyl groups is 2. The van der Waals surface area contributed by atoms with Crippen LogP contribution in [0.15, 0.2) is 18.2 Å². The summed E-state index contributed by atoms with van der Waals surface area (Å²) in [6, 6.07) is 4.35. The lowest BCUT2D eigenvalue weighted by Crippen LogP contribution is -2.50. The number of nitrogens with zero attached hydrogens (tertiary/aromatic N) is 1. The molecule has 1 aliphatic rings. The smallest absolute Gasteiger partial charge is 0.257 e. The van der Waals surface area contributed by atoms with Gasteiger partial charge >= 0.3 is 0 Å². The van der Waals surface area contributed by atoms with Crippen molar-refractivity contribution in [2.45, 2.75) is 37.8 Å². The summed E-state index contributed by atoms with van der Waals surface area (Å²) in [4.78, 5) is 13.9. The third-order valence-corrected chi connectivity index (χ3v) is 3.84. The van der Waals surface area contributed by atoms with Gasteiger partial charge in [-0.2, -0.15) is 0 Å². The second-order valence-corrected chi connectivity index (χ2v) is 5.11. The van der Waals surface area contributed by atoms with Gasteiger partial charge in [0.15, 0.2) is 11.5 Å². The van der Waals surface area contributed by atoms with Gasteiger partial charge in [-0.05, 0) is 25.0 Å². The highest BCUT2D eigenvalue weighted by Crippen LogP contribution is 2.30. The number of carbonyl (C=O) groups is 1. The second-order valence-electron chi connectivity index (χ2n) is 5.11. The van der Waals surface area contributed by atoms with Gasteiger partial charge in [0.1, 0.15) is 0 Å². The summed E-state index contributed by atoms with van der Waals surface area (Å²) >= 11 is 0. The van der Waals surface area contributed by atoms with Crippen molar-refractivity contribution >= 4 is 5.91 Å². The lowest BCUT2D eigenvalue weighted by atomic mass is 9.89.